The average molecular weight is 211 g/mol. The van der Waals surface area contributed by atoms with Crippen molar-refractivity contribution in [2.45, 2.75) is 41.0 Å². The highest BCUT2D eigenvalue weighted by Crippen LogP contribution is 2.09. The molecule has 2 nitrogen and oxygen atoms in total. The number of rotatable bonds is 4. The van der Waals surface area contributed by atoms with E-state index in [-0.39, 0.29) is 0 Å². The van der Waals surface area contributed by atoms with Gasteiger partial charge in [-0.25, -0.2) is 0 Å². The molecule has 0 aliphatic heterocycles. The molecule has 0 aliphatic rings. The van der Waals surface area contributed by atoms with Crippen molar-refractivity contribution in [3.63, 3.8) is 0 Å². The largest absolute Gasteiger partial charge is 0.366 e. The molecule has 0 fully saturated rings. The summed E-state index contributed by atoms with van der Waals surface area (Å²) in [7, 11) is 0. The van der Waals surface area contributed by atoms with Gasteiger partial charge in [-0.3, -0.25) is 4.79 Å². The van der Waals surface area contributed by atoms with E-state index in [1.165, 1.54) is 6.08 Å². The maximum atomic E-state index is 10.7. The van der Waals surface area contributed by atoms with E-state index in [9.17, 15) is 4.79 Å². The van der Waals surface area contributed by atoms with Gasteiger partial charge in [0.2, 0.25) is 5.91 Å². The third-order valence-corrected chi connectivity index (χ3v) is 1.44. The quantitative estimate of drug-likeness (QED) is 0.560. The molecular weight excluding hydrogens is 186 g/mol. The van der Waals surface area contributed by atoms with E-state index in [4.69, 9.17) is 5.73 Å². The Bertz CT molecular complexity index is 215. The fraction of sp³-hybridized carbons (Fsp3) is 0.462. The van der Waals surface area contributed by atoms with E-state index in [1.54, 1.807) is 6.08 Å². The summed E-state index contributed by atoms with van der Waals surface area (Å²) in [6, 6.07) is 0. The Morgan fingerprint density at radius 3 is 1.60 bits per heavy atom. The zero-order valence-corrected chi connectivity index (χ0v) is 10.8. The van der Waals surface area contributed by atoms with Crippen LogP contribution in [0.5, 0.6) is 0 Å². The minimum absolute atomic E-state index is 0.447. The standard InChI is InChI=1S/C9H13NO.2C2H6/c1-4-7(5-2)8(6-3)9(10)11;2*1-2/h4,6H,1,3,5H2,2H3,(H2,10,11);2*1-2H3/b8-7-;;. The SMILES string of the molecule is C=C/C(CC)=C(\C=C)C(N)=O.CC.CC. The van der Waals surface area contributed by atoms with Gasteiger partial charge in [0.15, 0.2) is 0 Å². The van der Waals surface area contributed by atoms with Gasteiger partial charge in [-0.05, 0) is 12.0 Å². The van der Waals surface area contributed by atoms with Crippen LogP contribution in [0.1, 0.15) is 41.0 Å². The summed E-state index contributed by atoms with van der Waals surface area (Å²) in [5.74, 6) is -0.447. The van der Waals surface area contributed by atoms with Gasteiger partial charge >= 0.3 is 0 Å². The van der Waals surface area contributed by atoms with Crippen LogP contribution >= 0.6 is 0 Å². The van der Waals surface area contributed by atoms with Gasteiger partial charge in [0.1, 0.15) is 0 Å². The first-order chi connectivity index (χ1) is 7.17. The number of carbonyl (C=O) groups is 1. The molecule has 0 aromatic rings. The lowest BCUT2D eigenvalue weighted by Crippen LogP contribution is -2.13. The van der Waals surface area contributed by atoms with Crippen molar-refractivity contribution >= 4 is 5.91 Å². The molecule has 0 heterocycles. The summed E-state index contributed by atoms with van der Waals surface area (Å²) in [4.78, 5) is 10.7. The van der Waals surface area contributed by atoms with Gasteiger partial charge in [-0.15, -0.1) is 0 Å². The Labute approximate surface area is 94.6 Å². The second-order valence-corrected chi connectivity index (χ2v) is 2.06. The van der Waals surface area contributed by atoms with E-state index in [1.807, 2.05) is 34.6 Å². The number of primary amides is 1. The molecule has 0 aromatic heterocycles. The zero-order valence-electron chi connectivity index (χ0n) is 10.8. The number of carbonyl (C=O) groups excluding carboxylic acids is 1. The summed E-state index contributed by atoms with van der Waals surface area (Å²) in [6.45, 7) is 17.0. The predicted molar refractivity (Wildman–Crippen MR) is 69.6 cm³/mol. The van der Waals surface area contributed by atoms with Gasteiger partial charge in [-0.2, -0.15) is 0 Å². The molecule has 0 saturated heterocycles. The summed E-state index contributed by atoms with van der Waals surface area (Å²) < 4.78 is 0. The highest BCUT2D eigenvalue weighted by atomic mass is 16.1. The van der Waals surface area contributed by atoms with E-state index in [0.717, 1.165) is 12.0 Å². The summed E-state index contributed by atoms with van der Waals surface area (Å²) in [6.07, 6.45) is 3.83. The third kappa shape index (κ3) is 9.01. The van der Waals surface area contributed by atoms with E-state index >= 15 is 0 Å². The first-order valence-electron chi connectivity index (χ1n) is 5.45. The molecule has 15 heavy (non-hydrogen) atoms. The molecule has 0 aromatic carbocycles. The summed E-state index contributed by atoms with van der Waals surface area (Å²) >= 11 is 0. The van der Waals surface area contributed by atoms with Crippen LogP contribution < -0.4 is 5.73 Å². The van der Waals surface area contributed by atoms with Crippen molar-refractivity contribution in [2.24, 2.45) is 5.73 Å². The lowest BCUT2D eigenvalue weighted by atomic mass is 10.1. The maximum Gasteiger partial charge on any atom is 0.248 e. The van der Waals surface area contributed by atoms with Gasteiger partial charge in [0.05, 0.1) is 0 Å². The zero-order chi connectivity index (χ0) is 12.9. The summed E-state index contributed by atoms with van der Waals surface area (Å²) in [5, 5.41) is 0. The van der Waals surface area contributed by atoms with Crippen molar-refractivity contribution in [1.29, 1.82) is 0 Å². The van der Waals surface area contributed by atoms with Crippen LogP contribution in [0.4, 0.5) is 0 Å². The second kappa shape index (κ2) is 15.2. The highest BCUT2D eigenvalue weighted by molar-refractivity contribution is 5.95. The van der Waals surface area contributed by atoms with Crippen LogP contribution in [0.15, 0.2) is 36.5 Å². The minimum atomic E-state index is -0.447. The number of allylic oxidation sites excluding steroid dienone is 2. The summed E-state index contributed by atoms with van der Waals surface area (Å²) in [5.41, 5.74) is 6.38. The molecule has 0 atom stereocenters. The first-order valence-corrected chi connectivity index (χ1v) is 5.45. The van der Waals surface area contributed by atoms with Crippen molar-refractivity contribution in [2.75, 3.05) is 0 Å². The molecule has 0 unspecified atom stereocenters. The smallest absolute Gasteiger partial charge is 0.248 e. The predicted octanol–water partition coefficient (Wildman–Crippen LogP) is 3.60. The molecule has 0 bridgehead atoms. The first kappa shape index (κ1) is 19.3. The maximum absolute atomic E-state index is 10.7. The molecule has 0 aliphatic carbocycles. The molecule has 0 rings (SSSR count). The van der Waals surface area contributed by atoms with Crippen molar-refractivity contribution in [3.05, 3.63) is 36.5 Å². The van der Waals surface area contributed by atoms with Crippen LogP contribution in [0.3, 0.4) is 0 Å². The number of hydrogen-bond acceptors (Lipinski definition) is 1. The lowest BCUT2D eigenvalue weighted by Gasteiger charge is -2.01. The fourth-order valence-electron chi connectivity index (χ4n) is 0.835. The third-order valence-electron chi connectivity index (χ3n) is 1.44. The number of hydrogen-bond donors (Lipinski definition) is 1. The van der Waals surface area contributed by atoms with Gasteiger partial charge in [-0.1, -0.05) is 59.9 Å². The monoisotopic (exact) mass is 211 g/mol. The minimum Gasteiger partial charge on any atom is -0.366 e. The Kier molecular flexibility index (Phi) is 19.5. The van der Waals surface area contributed by atoms with Crippen LogP contribution in [0.25, 0.3) is 0 Å². The van der Waals surface area contributed by atoms with Crippen molar-refractivity contribution < 1.29 is 4.79 Å². The second-order valence-electron chi connectivity index (χ2n) is 2.06. The van der Waals surface area contributed by atoms with Gasteiger partial charge < -0.3 is 5.73 Å². The van der Waals surface area contributed by atoms with Gasteiger partial charge in [0.25, 0.3) is 0 Å². The number of amides is 1. The number of nitrogens with two attached hydrogens (primary N) is 1. The molecular formula is C13H25NO. The highest BCUT2D eigenvalue weighted by Gasteiger charge is 2.03. The van der Waals surface area contributed by atoms with E-state index in [2.05, 4.69) is 13.2 Å². The Morgan fingerprint density at radius 1 is 1.13 bits per heavy atom. The molecule has 0 saturated carbocycles. The molecule has 1 amide bonds. The topological polar surface area (TPSA) is 43.1 Å². The Hall–Kier alpha value is -1.31. The average Bonchev–Trinajstić information content (AvgIpc) is 2.30. The van der Waals surface area contributed by atoms with Crippen LogP contribution in [0, 0.1) is 0 Å². The van der Waals surface area contributed by atoms with Crippen molar-refractivity contribution in [3.8, 4) is 0 Å². The van der Waals surface area contributed by atoms with Gasteiger partial charge in [0, 0.05) is 5.57 Å². The Morgan fingerprint density at radius 2 is 1.53 bits per heavy atom. The van der Waals surface area contributed by atoms with Crippen LogP contribution in [-0.2, 0) is 4.79 Å². The normalized spacial score (nSPS) is 9.40. The van der Waals surface area contributed by atoms with Crippen molar-refractivity contribution in [1.82, 2.24) is 0 Å². The molecule has 2 heteroatoms. The molecule has 0 radical (unpaired) electrons. The molecule has 2 N–H and O–H groups in total. The van der Waals surface area contributed by atoms with Crippen LogP contribution in [0.2, 0.25) is 0 Å². The van der Waals surface area contributed by atoms with E-state index in [0.29, 0.717) is 5.57 Å². The van der Waals surface area contributed by atoms with Crippen LogP contribution in [-0.4, -0.2) is 5.91 Å². The Balaban J connectivity index is -0.000000318. The fourth-order valence-corrected chi connectivity index (χ4v) is 0.835. The molecule has 88 valence electrons. The molecule has 0 spiro atoms. The van der Waals surface area contributed by atoms with E-state index < -0.39 is 5.91 Å². The lowest BCUT2D eigenvalue weighted by molar-refractivity contribution is -0.114.